The number of aryl methyl sites for hydroxylation is 1. The molecule has 6 heteroatoms. The first-order valence-electron chi connectivity index (χ1n) is 12.5. The molecule has 5 rings (SSSR count). The molecule has 0 aliphatic heterocycles. The molecule has 1 aliphatic rings. The third-order valence-corrected chi connectivity index (χ3v) is 6.88. The Labute approximate surface area is 216 Å². The SMILES string of the molecule is COc1ccc(C2(OCCCCCn3ccnc3/C=C/C(=O)O)c3ccccc3-c3ccccc32)cc1. The minimum Gasteiger partial charge on any atom is -0.497 e. The molecule has 6 nitrogen and oxygen atoms in total. The lowest BCUT2D eigenvalue weighted by Crippen LogP contribution is -2.31. The average Bonchev–Trinajstić information content (AvgIpc) is 3.50. The molecule has 37 heavy (non-hydrogen) atoms. The van der Waals surface area contributed by atoms with E-state index in [0.29, 0.717) is 12.4 Å². The number of imidazole rings is 1. The number of carboxylic acid groups (broad SMARTS) is 1. The quantitative estimate of drug-likeness (QED) is 0.200. The minimum absolute atomic E-state index is 0.602. The summed E-state index contributed by atoms with van der Waals surface area (Å²) >= 11 is 0. The number of ether oxygens (including phenoxy) is 2. The van der Waals surface area contributed by atoms with Gasteiger partial charge < -0.3 is 19.1 Å². The molecule has 0 bridgehead atoms. The van der Waals surface area contributed by atoms with Crippen molar-refractivity contribution < 1.29 is 19.4 Å². The van der Waals surface area contributed by atoms with Crippen LogP contribution in [0, 0.1) is 0 Å². The highest BCUT2D eigenvalue weighted by Crippen LogP contribution is 2.53. The highest BCUT2D eigenvalue weighted by Gasteiger charge is 2.45. The van der Waals surface area contributed by atoms with Crippen LogP contribution in [0.2, 0.25) is 0 Å². The fourth-order valence-electron chi connectivity index (χ4n) is 5.17. The summed E-state index contributed by atoms with van der Waals surface area (Å²) in [4.78, 5) is 15.1. The molecular weight excluding hydrogens is 464 g/mol. The van der Waals surface area contributed by atoms with E-state index in [4.69, 9.17) is 14.6 Å². The van der Waals surface area contributed by atoms with E-state index in [2.05, 4.69) is 65.6 Å². The van der Waals surface area contributed by atoms with Gasteiger partial charge in [0.2, 0.25) is 0 Å². The number of nitrogens with zero attached hydrogens (tertiary/aromatic N) is 2. The van der Waals surface area contributed by atoms with Crippen LogP contribution in [0.25, 0.3) is 17.2 Å². The van der Waals surface area contributed by atoms with Crippen molar-refractivity contribution in [2.75, 3.05) is 13.7 Å². The normalized spacial score (nSPS) is 13.4. The number of aliphatic carboxylic acids is 1. The molecular formula is C31H30N2O4. The summed E-state index contributed by atoms with van der Waals surface area (Å²) in [5.74, 6) is 0.486. The van der Waals surface area contributed by atoms with Gasteiger partial charge in [0.05, 0.1) is 7.11 Å². The number of methoxy groups -OCH3 is 1. The Morgan fingerprint density at radius 3 is 2.27 bits per heavy atom. The third kappa shape index (κ3) is 4.80. The van der Waals surface area contributed by atoms with Crippen LogP contribution in [-0.2, 0) is 21.7 Å². The Morgan fingerprint density at radius 1 is 0.946 bits per heavy atom. The molecule has 0 radical (unpaired) electrons. The van der Waals surface area contributed by atoms with Crippen molar-refractivity contribution >= 4 is 12.0 Å². The highest BCUT2D eigenvalue weighted by molar-refractivity contribution is 5.84. The molecule has 0 unspecified atom stereocenters. The van der Waals surface area contributed by atoms with Crippen molar-refractivity contribution in [1.82, 2.24) is 9.55 Å². The van der Waals surface area contributed by atoms with Crippen molar-refractivity contribution in [2.24, 2.45) is 0 Å². The van der Waals surface area contributed by atoms with Gasteiger partial charge in [0.25, 0.3) is 0 Å². The summed E-state index contributed by atoms with van der Waals surface area (Å²) in [6.45, 7) is 1.37. The monoisotopic (exact) mass is 494 g/mol. The lowest BCUT2D eigenvalue weighted by Gasteiger charge is -2.33. The van der Waals surface area contributed by atoms with Gasteiger partial charge in [-0.3, -0.25) is 0 Å². The predicted octanol–water partition coefficient (Wildman–Crippen LogP) is 6.15. The van der Waals surface area contributed by atoms with E-state index < -0.39 is 11.6 Å². The van der Waals surface area contributed by atoms with Gasteiger partial charge in [-0.15, -0.1) is 0 Å². The van der Waals surface area contributed by atoms with Crippen LogP contribution in [0.3, 0.4) is 0 Å². The van der Waals surface area contributed by atoms with Gasteiger partial charge in [-0.1, -0.05) is 60.7 Å². The topological polar surface area (TPSA) is 73.6 Å². The first kappa shape index (κ1) is 24.5. The van der Waals surface area contributed by atoms with E-state index in [-0.39, 0.29) is 0 Å². The molecule has 0 spiro atoms. The van der Waals surface area contributed by atoms with Crippen LogP contribution in [0.4, 0.5) is 0 Å². The summed E-state index contributed by atoms with van der Waals surface area (Å²) < 4.78 is 14.3. The Morgan fingerprint density at radius 2 is 1.62 bits per heavy atom. The smallest absolute Gasteiger partial charge is 0.328 e. The van der Waals surface area contributed by atoms with E-state index in [1.807, 2.05) is 22.9 Å². The second-order valence-corrected chi connectivity index (χ2v) is 9.06. The molecule has 188 valence electrons. The molecule has 3 aromatic carbocycles. The maximum Gasteiger partial charge on any atom is 0.328 e. The number of rotatable bonds is 11. The van der Waals surface area contributed by atoms with Crippen molar-refractivity contribution in [1.29, 1.82) is 0 Å². The average molecular weight is 495 g/mol. The van der Waals surface area contributed by atoms with Gasteiger partial charge in [0.1, 0.15) is 17.2 Å². The number of hydrogen-bond donors (Lipinski definition) is 1. The largest absolute Gasteiger partial charge is 0.497 e. The molecule has 1 N–H and O–H groups in total. The van der Waals surface area contributed by atoms with E-state index in [0.717, 1.165) is 54.3 Å². The maximum absolute atomic E-state index is 10.8. The number of aromatic nitrogens is 2. The van der Waals surface area contributed by atoms with E-state index in [9.17, 15) is 4.79 Å². The zero-order chi connectivity index (χ0) is 25.7. The van der Waals surface area contributed by atoms with Gasteiger partial charge >= 0.3 is 5.97 Å². The number of benzene rings is 3. The Balaban J connectivity index is 1.33. The molecule has 4 aromatic rings. The lowest BCUT2D eigenvalue weighted by atomic mass is 9.84. The first-order valence-corrected chi connectivity index (χ1v) is 12.5. The molecule has 0 atom stereocenters. The van der Waals surface area contributed by atoms with Crippen LogP contribution in [0.5, 0.6) is 5.75 Å². The molecule has 0 saturated carbocycles. The fraction of sp³-hybridized carbons (Fsp3) is 0.226. The third-order valence-electron chi connectivity index (χ3n) is 6.88. The Hall–Kier alpha value is -4.16. The van der Waals surface area contributed by atoms with Crippen molar-refractivity contribution in [3.8, 4) is 16.9 Å². The highest BCUT2D eigenvalue weighted by atomic mass is 16.5. The second kappa shape index (κ2) is 10.8. The lowest BCUT2D eigenvalue weighted by molar-refractivity contribution is -0.131. The first-order chi connectivity index (χ1) is 18.1. The van der Waals surface area contributed by atoms with Crippen molar-refractivity contribution in [2.45, 2.75) is 31.4 Å². The van der Waals surface area contributed by atoms with Crippen LogP contribution in [-0.4, -0.2) is 34.3 Å². The molecule has 0 amide bonds. The van der Waals surface area contributed by atoms with Gasteiger partial charge in [-0.05, 0) is 54.2 Å². The van der Waals surface area contributed by atoms with Crippen molar-refractivity contribution in [3.63, 3.8) is 0 Å². The van der Waals surface area contributed by atoms with Crippen LogP contribution in [0.15, 0.2) is 91.3 Å². The van der Waals surface area contributed by atoms with Gasteiger partial charge in [-0.25, -0.2) is 9.78 Å². The molecule has 1 aromatic heterocycles. The molecule has 0 saturated heterocycles. The number of hydrogen-bond acceptors (Lipinski definition) is 4. The van der Waals surface area contributed by atoms with Crippen LogP contribution in [0.1, 0.15) is 41.8 Å². The number of fused-ring (bicyclic) bond motifs is 3. The standard InChI is InChI=1S/C31H30N2O4/c1-36-24-15-13-23(14-16-24)31(27-11-5-3-9-25(27)26-10-4-6-12-28(26)31)37-22-8-2-7-20-33-21-19-32-29(33)17-18-30(34)35/h3-6,9-19,21H,2,7-8,20,22H2,1H3,(H,34,35)/b18-17+. The minimum atomic E-state index is -0.979. The Bertz CT molecular complexity index is 1360. The van der Waals surface area contributed by atoms with Crippen LogP contribution >= 0.6 is 0 Å². The summed E-state index contributed by atoms with van der Waals surface area (Å²) in [7, 11) is 1.68. The zero-order valence-corrected chi connectivity index (χ0v) is 20.8. The fourth-order valence-corrected chi connectivity index (χ4v) is 5.17. The van der Waals surface area contributed by atoms with Crippen LogP contribution < -0.4 is 4.74 Å². The Kier molecular flexibility index (Phi) is 7.19. The maximum atomic E-state index is 10.8. The number of unbranched alkanes of at least 4 members (excludes halogenated alkanes) is 2. The summed E-state index contributed by atoms with van der Waals surface area (Å²) in [6, 6.07) is 25.2. The van der Waals surface area contributed by atoms with Gasteiger partial charge in [0.15, 0.2) is 0 Å². The summed E-state index contributed by atoms with van der Waals surface area (Å²) in [5.41, 5.74) is 5.13. The zero-order valence-electron chi connectivity index (χ0n) is 20.8. The van der Waals surface area contributed by atoms with Gasteiger partial charge in [0, 0.05) is 42.7 Å². The van der Waals surface area contributed by atoms with E-state index in [1.54, 1.807) is 13.3 Å². The second-order valence-electron chi connectivity index (χ2n) is 9.06. The summed E-state index contributed by atoms with van der Waals surface area (Å²) in [5, 5.41) is 8.87. The molecule has 0 fully saturated rings. The number of carbonyl (C=O) groups is 1. The van der Waals surface area contributed by atoms with E-state index >= 15 is 0 Å². The summed E-state index contributed by atoms with van der Waals surface area (Å²) in [6.07, 6.45) is 9.03. The van der Waals surface area contributed by atoms with Gasteiger partial charge in [-0.2, -0.15) is 0 Å². The molecule has 1 aliphatic carbocycles. The predicted molar refractivity (Wildman–Crippen MR) is 143 cm³/mol. The molecule has 1 heterocycles. The number of carboxylic acids is 1. The van der Waals surface area contributed by atoms with Crippen molar-refractivity contribution in [3.05, 3.63) is 114 Å². The van der Waals surface area contributed by atoms with E-state index in [1.165, 1.54) is 17.2 Å².